The summed E-state index contributed by atoms with van der Waals surface area (Å²) in [6, 6.07) is 28.7. The summed E-state index contributed by atoms with van der Waals surface area (Å²) < 4.78 is 13.5. The fourth-order valence-corrected chi connectivity index (χ4v) is 5.29. The Kier molecular flexibility index (Phi) is 7.19. The fraction of sp³-hybridized carbons (Fsp3) is 0.0968. The highest BCUT2D eigenvalue weighted by molar-refractivity contribution is 7.99. The van der Waals surface area contributed by atoms with Crippen molar-refractivity contribution >= 4 is 34.4 Å². The molecule has 0 unspecified atom stereocenters. The average molecular weight is 509 g/mol. The minimum atomic E-state index is -0.283. The molecule has 0 aliphatic rings. The van der Waals surface area contributed by atoms with Gasteiger partial charge in [-0.1, -0.05) is 66.2 Å². The maximum Gasteiger partial charge on any atom is 0.252 e. The second-order valence-electron chi connectivity index (χ2n) is 8.73. The van der Waals surface area contributed by atoms with Gasteiger partial charge < -0.3 is 10.3 Å². The molecule has 184 valence electrons. The quantitative estimate of drug-likeness (QED) is 0.134. The standard InChI is InChI=1S/C31H25FN2O2S/c1-20-10-12-22(13-11-20)29(35)24-6-2-3-7-25(24)31(36)33-18-19-37-30-26-8-4-5-9-27(26)34-28(30)21-14-16-23(32)17-15-21/h2-17,34H,18-19H2,1H3,(H,33,36). The Morgan fingerprint density at radius 3 is 2.27 bits per heavy atom. The monoisotopic (exact) mass is 508 g/mol. The van der Waals surface area contributed by atoms with E-state index < -0.39 is 0 Å². The molecule has 0 aliphatic heterocycles. The Morgan fingerprint density at radius 2 is 1.51 bits per heavy atom. The van der Waals surface area contributed by atoms with Crippen molar-refractivity contribution in [2.45, 2.75) is 11.8 Å². The number of hydrogen-bond acceptors (Lipinski definition) is 3. The van der Waals surface area contributed by atoms with E-state index >= 15 is 0 Å². The first-order valence-corrected chi connectivity index (χ1v) is 13.0. The van der Waals surface area contributed by atoms with Gasteiger partial charge in [0.1, 0.15) is 5.82 Å². The van der Waals surface area contributed by atoms with Gasteiger partial charge in [-0.15, -0.1) is 11.8 Å². The van der Waals surface area contributed by atoms with Crippen molar-refractivity contribution < 1.29 is 14.0 Å². The van der Waals surface area contributed by atoms with Crippen LogP contribution in [0.15, 0.2) is 102 Å². The SMILES string of the molecule is Cc1ccc(C(=O)c2ccccc2C(=O)NCCSc2c(-c3ccc(F)cc3)[nH]c3ccccc23)cc1. The van der Waals surface area contributed by atoms with Crippen LogP contribution in [-0.2, 0) is 0 Å². The summed E-state index contributed by atoms with van der Waals surface area (Å²) in [5, 5.41) is 4.04. The van der Waals surface area contributed by atoms with E-state index in [0.717, 1.165) is 32.6 Å². The molecular weight excluding hydrogens is 483 g/mol. The number of hydrogen-bond donors (Lipinski definition) is 2. The highest BCUT2D eigenvalue weighted by Crippen LogP contribution is 2.37. The lowest BCUT2D eigenvalue weighted by atomic mass is 9.97. The highest BCUT2D eigenvalue weighted by Gasteiger charge is 2.18. The number of thioether (sulfide) groups is 1. The van der Waals surface area contributed by atoms with Crippen molar-refractivity contribution in [3.05, 3.63) is 125 Å². The largest absolute Gasteiger partial charge is 0.354 e. The number of para-hydroxylation sites is 1. The van der Waals surface area contributed by atoms with Crippen molar-refractivity contribution in [1.82, 2.24) is 10.3 Å². The first-order valence-electron chi connectivity index (χ1n) is 12.0. The van der Waals surface area contributed by atoms with E-state index in [9.17, 15) is 14.0 Å². The van der Waals surface area contributed by atoms with Crippen LogP contribution in [0.1, 0.15) is 31.8 Å². The molecule has 2 N–H and O–H groups in total. The maximum absolute atomic E-state index is 13.5. The number of amides is 1. The number of carbonyl (C=O) groups is 2. The molecule has 0 aliphatic carbocycles. The van der Waals surface area contributed by atoms with Gasteiger partial charge in [-0.05, 0) is 48.9 Å². The summed E-state index contributed by atoms with van der Waals surface area (Å²) in [6.07, 6.45) is 0. The first-order chi connectivity index (χ1) is 18.0. The zero-order valence-electron chi connectivity index (χ0n) is 20.3. The van der Waals surface area contributed by atoms with Gasteiger partial charge in [-0.25, -0.2) is 4.39 Å². The predicted molar refractivity (Wildman–Crippen MR) is 148 cm³/mol. The number of halogens is 1. The van der Waals surface area contributed by atoms with Gasteiger partial charge in [0.05, 0.1) is 11.3 Å². The van der Waals surface area contributed by atoms with Crippen LogP contribution >= 0.6 is 11.8 Å². The molecule has 0 bridgehead atoms. The Balaban J connectivity index is 1.30. The number of carbonyl (C=O) groups excluding carboxylic acids is 2. The third-order valence-corrected chi connectivity index (χ3v) is 7.28. The topological polar surface area (TPSA) is 62.0 Å². The Bertz CT molecular complexity index is 1570. The number of benzene rings is 4. The van der Waals surface area contributed by atoms with E-state index in [1.165, 1.54) is 12.1 Å². The lowest BCUT2D eigenvalue weighted by molar-refractivity contribution is 0.0944. The Morgan fingerprint density at radius 1 is 0.838 bits per heavy atom. The number of H-pyrrole nitrogens is 1. The molecule has 0 spiro atoms. The van der Waals surface area contributed by atoms with E-state index in [1.54, 1.807) is 60.3 Å². The molecule has 0 radical (unpaired) electrons. The fourth-order valence-electron chi connectivity index (χ4n) is 4.24. The summed E-state index contributed by atoms with van der Waals surface area (Å²) in [7, 11) is 0. The van der Waals surface area contributed by atoms with E-state index in [0.29, 0.717) is 29.0 Å². The molecule has 1 aromatic heterocycles. The van der Waals surface area contributed by atoms with Crippen LogP contribution in [-0.4, -0.2) is 29.0 Å². The maximum atomic E-state index is 13.5. The third-order valence-electron chi connectivity index (χ3n) is 6.16. The molecule has 1 heterocycles. The Labute approximate surface area is 218 Å². The number of aromatic nitrogens is 1. The number of rotatable bonds is 8. The van der Waals surface area contributed by atoms with Crippen molar-refractivity contribution in [2.24, 2.45) is 0 Å². The lowest BCUT2D eigenvalue weighted by Crippen LogP contribution is -2.27. The summed E-state index contributed by atoms with van der Waals surface area (Å²) >= 11 is 1.62. The van der Waals surface area contributed by atoms with Gasteiger partial charge in [0.15, 0.2) is 5.78 Å². The number of aromatic amines is 1. The molecule has 6 heteroatoms. The molecule has 4 nitrogen and oxygen atoms in total. The van der Waals surface area contributed by atoms with E-state index in [1.807, 2.05) is 43.3 Å². The van der Waals surface area contributed by atoms with Crippen molar-refractivity contribution in [3.63, 3.8) is 0 Å². The molecule has 1 amide bonds. The van der Waals surface area contributed by atoms with Crippen molar-refractivity contribution in [3.8, 4) is 11.3 Å². The summed E-state index contributed by atoms with van der Waals surface area (Å²) in [4.78, 5) is 30.6. The number of ketones is 1. The third kappa shape index (κ3) is 5.34. The smallest absolute Gasteiger partial charge is 0.252 e. The molecule has 4 aromatic carbocycles. The molecule has 0 fully saturated rings. The average Bonchev–Trinajstić information content (AvgIpc) is 3.30. The molecule has 5 rings (SSSR count). The van der Waals surface area contributed by atoms with Gasteiger partial charge in [0, 0.05) is 39.2 Å². The van der Waals surface area contributed by atoms with E-state index in [-0.39, 0.29) is 17.5 Å². The van der Waals surface area contributed by atoms with E-state index in [4.69, 9.17) is 0 Å². The van der Waals surface area contributed by atoms with Gasteiger partial charge in [-0.3, -0.25) is 9.59 Å². The lowest BCUT2D eigenvalue weighted by Gasteiger charge is -2.10. The number of aryl methyl sites for hydroxylation is 1. The molecule has 5 aromatic rings. The van der Waals surface area contributed by atoms with E-state index in [2.05, 4.69) is 10.3 Å². The predicted octanol–water partition coefficient (Wildman–Crippen LogP) is 7.04. The molecule has 0 saturated heterocycles. The zero-order chi connectivity index (χ0) is 25.8. The minimum Gasteiger partial charge on any atom is -0.354 e. The second-order valence-corrected chi connectivity index (χ2v) is 9.83. The minimum absolute atomic E-state index is 0.178. The summed E-state index contributed by atoms with van der Waals surface area (Å²) in [5.74, 6) is -0.120. The zero-order valence-corrected chi connectivity index (χ0v) is 21.1. The number of fused-ring (bicyclic) bond motifs is 1. The van der Waals surface area contributed by atoms with Crippen LogP contribution in [0.5, 0.6) is 0 Å². The first kappa shape index (κ1) is 24.5. The molecule has 37 heavy (non-hydrogen) atoms. The molecule has 0 atom stereocenters. The van der Waals surface area contributed by atoms with Gasteiger partial charge in [0.25, 0.3) is 5.91 Å². The van der Waals surface area contributed by atoms with Crippen molar-refractivity contribution in [2.75, 3.05) is 12.3 Å². The van der Waals surface area contributed by atoms with Gasteiger partial charge in [0.2, 0.25) is 0 Å². The van der Waals surface area contributed by atoms with Crippen LogP contribution < -0.4 is 5.32 Å². The van der Waals surface area contributed by atoms with Gasteiger partial charge >= 0.3 is 0 Å². The van der Waals surface area contributed by atoms with Crippen LogP contribution in [0.2, 0.25) is 0 Å². The van der Waals surface area contributed by atoms with Crippen LogP contribution in [0.4, 0.5) is 4.39 Å². The van der Waals surface area contributed by atoms with Crippen LogP contribution in [0, 0.1) is 12.7 Å². The molecular formula is C31H25FN2O2S. The van der Waals surface area contributed by atoms with Crippen LogP contribution in [0.25, 0.3) is 22.2 Å². The normalized spacial score (nSPS) is 11.0. The van der Waals surface area contributed by atoms with Crippen molar-refractivity contribution in [1.29, 1.82) is 0 Å². The molecule has 0 saturated carbocycles. The van der Waals surface area contributed by atoms with Crippen LogP contribution in [0.3, 0.4) is 0 Å². The number of nitrogens with one attached hydrogen (secondary N) is 2. The van der Waals surface area contributed by atoms with Gasteiger partial charge in [-0.2, -0.15) is 0 Å². The summed E-state index contributed by atoms with van der Waals surface area (Å²) in [5.41, 5.74) is 5.17. The highest BCUT2D eigenvalue weighted by atomic mass is 32.2. The second kappa shape index (κ2) is 10.8. The summed E-state index contributed by atoms with van der Waals surface area (Å²) in [6.45, 7) is 2.38. The Hall–Kier alpha value is -4.16.